The minimum atomic E-state index is -0.102. The standard InChI is InChI=1S/C17H27FN2/c1-4-14-7-9-20(12-14)10-8-17(19-3)15-6-5-13(2)16(18)11-15/h5-6,11,14,17,19H,4,7-10,12H2,1-3H3. The lowest BCUT2D eigenvalue weighted by Gasteiger charge is -2.21. The van der Waals surface area contributed by atoms with E-state index < -0.39 is 0 Å². The van der Waals surface area contributed by atoms with Crippen molar-refractivity contribution < 1.29 is 4.39 Å². The smallest absolute Gasteiger partial charge is 0.126 e. The van der Waals surface area contributed by atoms with Gasteiger partial charge in [0.25, 0.3) is 0 Å². The van der Waals surface area contributed by atoms with Crippen LogP contribution in [0.1, 0.15) is 43.4 Å². The molecule has 0 aliphatic carbocycles. The second kappa shape index (κ2) is 7.19. The SMILES string of the molecule is CCC1CCN(CCC(NC)c2ccc(C)c(F)c2)C1. The summed E-state index contributed by atoms with van der Waals surface area (Å²) < 4.78 is 13.7. The Hall–Kier alpha value is -0.930. The van der Waals surface area contributed by atoms with E-state index >= 15 is 0 Å². The van der Waals surface area contributed by atoms with Gasteiger partial charge in [-0.25, -0.2) is 4.39 Å². The first-order valence-corrected chi connectivity index (χ1v) is 7.79. The van der Waals surface area contributed by atoms with Crippen LogP contribution in [0.15, 0.2) is 18.2 Å². The molecular formula is C17H27FN2. The molecule has 1 N–H and O–H groups in total. The minimum Gasteiger partial charge on any atom is -0.313 e. The zero-order valence-corrected chi connectivity index (χ0v) is 13.0. The maximum atomic E-state index is 13.7. The summed E-state index contributed by atoms with van der Waals surface area (Å²) in [5, 5.41) is 3.32. The normalized spacial score (nSPS) is 21.3. The van der Waals surface area contributed by atoms with Gasteiger partial charge in [0.15, 0.2) is 0 Å². The number of nitrogens with one attached hydrogen (secondary N) is 1. The van der Waals surface area contributed by atoms with Crippen molar-refractivity contribution in [3.8, 4) is 0 Å². The van der Waals surface area contributed by atoms with Crippen molar-refractivity contribution in [1.82, 2.24) is 10.2 Å². The molecule has 0 bridgehead atoms. The Bertz CT molecular complexity index is 433. The predicted molar refractivity (Wildman–Crippen MR) is 82.4 cm³/mol. The zero-order valence-electron chi connectivity index (χ0n) is 13.0. The van der Waals surface area contributed by atoms with Crippen LogP contribution in [-0.2, 0) is 0 Å². The number of rotatable bonds is 6. The molecule has 3 heteroatoms. The van der Waals surface area contributed by atoms with Crippen LogP contribution < -0.4 is 5.32 Å². The van der Waals surface area contributed by atoms with Gasteiger partial charge in [-0.2, -0.15) is 0 Å². The minimum absolute atomic E-state index is 0.102. The van der Waals surface area contributed by atoms with Gasteiger partial charge < -0.3 is 10.2 Å². The number of aryl methyl sites for hydroxylation is 1. The third kappa shape index (κ3) is 3.80. The highest BCUT2D eigenvalue weighted by atomic mass is 19.1. The first-order valence-electron chi connectivity index (χ1n) is 7.79. The molecule has 20 heavy (non-hydrogen) atoms. The molecule has 2 unspecified atom stereocenters. The van der Waals surface area contributed by atoms with Crippen LogP contribution in [0.25, 0.3) is 0 Å². The van der Waals surface area contributed by atoms with Crippen molar-refractivity contribution in [1.29, 1.82) is 0 Å². The van der Waals surface area contributed by atoms with Gasteiger partial charge in [0, 0.05) is 12.6 Å². The Morgan fingerprint density at radius 3 is 2.85 bits per heavy atom. The lowest BCUT2D eigenvalue weighted by Crippen LogP contribution is -2.27. The van der Waals surface area contributed by atoms with Crippen LogP contribution in [-0.4, -0.2) is 31.6 Å². The van der Waals surface area contributed by atoms with Gasteiger partial charge in [-0.3, -0.25) is 0 Å². The summed E-state index contributed by atoms with van der Waals surface area (Å²) in [6.45, 7) is 7.63. The maximum Gasteiger partial charge on any atom is 0.126 e. The fourth-order valence-corrected chi connectivity index (χ4v) is 3.06. The Morgan fingerprint density at radius 1 is 1.45 bits per heavy atom. The Balaban J connectivity index is 1.90. The van der Waals surface area contributed by atoms with Crippen molar-refractivity contribution >= 4 is 0 Å². The van der Waals surface area contributed by atoms with Crippen molar-refractivity contribution in [3.05, 3.63) is 35.1 Å². The molecule has 1 heterocycles. The van der Waals surface area contributed by atoms with Crippen LogP contribution >= 0.6 is 0 Å². The first kappa shape index (κ1) is 15.5. The first-order chi connectivity index (χ1) is 9.63. The van der Waals surface area contributed by atoms with Crippen molar-refractivity contribution in [3.63, 3.8) is 0 Å². The molecule has 1 fully saturated rings. The second-order valence-corrected chi connectivity index (χ2v) is 6.00. The van der Waals surface area contributed by atoms with E-state index in [9.17, 15) is 4.39 Å². The number of hydrogen-bond donors (Lipinski definition) is 1. The molecule has 0 amide bonds. The Kier molecular flexibility index (Phi) is 5.55. The Labute approximate surface area is 122 Å². The van der Waals surface area contributed by atoms with Crippen LogP contribution in [0, 0.1) is 18.7 Å². The van der Waals surface area contributed by atoms with Gasteiger partial charge in [0.1, 0.15) is 5.82 Å². The summed E-state index contributed by atoms with van der Waals surface area (Å²) in [5.74, 6) is 0.773. The molecule has 0 saturated carbocycles. The maximum absolute atomic E-state index is 13.7. The monoisotopic (exact) mass is 278 g/mol. The average Bonchev–Trinajstić information content (AvgIpc) is 2.91. The molecule has 1 aromatic carbocycles. The second-order valence-electron chi connectivity index (χ2n) is 6.00. The number of benzene rings is 1. The fourth-order valence-electron chi connectivity index (χ4n) is 3.06. The van der Waals surface area contributed by atoms with Crippen LogP contribution in [0.5, 0.6) is 0 Å². The molecule has 1 aliphatic rings. The van der Waals surface area contributed by atoms with Gasteiger partial charge >= 0.3 is 0 Å². The van der Waals surface area contributed by atoms with E-state index in [-0.39, 0.29) is 11.9 Å². The van der Waals surface area contributed by atoms with Gasteiger partial charge in [0.05, 0.1) is 0 Å². The lowest BCUT2D eigenvalue weighted by atomic mass is 10.0. The quantitative estimate of drug-likeness (QED) is 0.856. The molecular weight excluding hydrogens is 251 g/mol. The molecule has 0 spiro atoms. The summed E-state index contributed by atoms with van der Waals surface area (Å²) in [4.78, 5) is 2.54. The highest BCUT2D eigenvalue weighted by molar-refractivity contribution is 5.25. The van der Waals surface area contributed by atoms with E-state index in [1.165, 1.54) is 25.9 Å². The lowest BCUT2D eigenvalue weighted by molar-refractivity contribution is 0.301. The summed E-state index contributed by atoms with van der Waals surface area (Å²) in [6.07, 6.45) is 3.66. The number of hydrogen-bond acceptors (Lipinski definition) is 2. The third-order valence-corrected chi connectivity index (χ3v) is 4.63. The summed E-state index contributed by atoms with van der Waals surface area (Å²) in [7, 11) is 1.96. The number of likely N-dealkylation sites (tertiary alicyclic amines) is 1. The fraction of sp³-hybridized carbons (Fsp3) is 0.647. The van der Waals surface area contributed by atoms with E-state index in [0.29, 0.717) is 5.56 Å². The van der Waals surface area contributed by atoms with Crippen molar-refractivity contribution in [2.45, 2.75) is 39.2 Å². The van der Waals surface area contributed by atoms with E-state index in [2.05, 4.69) is 17.1 Å². The van der Waals surface area contributed by atoms with E-state index in [4.69, 9.17) is 0 Å². The van der Waals surface area contributed by atoms with Gasteiger partial charge in [-0.15, -0.1) is 0 Å². The molecule has 112 valence electrons. The van der Waals surface area contributed by atoms with Gasteiger partial charge in [-0.05, 0) is 63.0 Å². The predicted octanol–water partition coefficient (Wildman–Crippen LogP) is 3.52. The molecule has 2 nitrogen and oxygen atoms in total. The van der Waals surface area contributed by atoms with E-state index in [1.807, 2.05) is 26.1 Å². The molecule has 1 saturated heterocycles. The van der Waals surface area contributed by atoms with Gasteiger partial charge in [0.2, 0.25) is 0 Å². The largest absolute Gasteiger partial charge is 0.313 e. The molecule has 2 atom stereocenters. The van der Waals surface area contributed by atoms with Crippen molar-refractivity contribution in [2.24, 2.45) is 5.92 Å². The molecule has 0 radical (unpaired) electrons. The zero-order chi connectivity index (χ0) is 14.5. The summed E-state index contributed by atoms with van der Waals surface area (Å²) >= 11 is 0. The van der Waals surface area contributed by atoms with Gasteiger partial charge in [-0.1, -0.05) is 25.5 Å². The highest BCUT2D eigenvalue weighted by Gasteiger charge is 2.21. The van der Waals surface area contributed by atoms with Crippen molar-refractivity contribution in [2.75, 3.05) is 26.7 Å². The highest BCUT2D eigenvalue weighted by Crippen LogP contribution is 2.23. The van der Waals surface area contributed by atoms with E-state index in [1.54, 1.807) is 6.07 Å². The molecule has 1 aromatic rings. The van der Waals surface area contributed by atoms with Crippen LogP contribution in [0.3, 0.4) is 0 Å². The summed E-state index contributed by atoms with van der Waals surface area (Å²) in [6, 6.07) is 5.83. The molecule has 1 aliphatic heterocycles. The number of halogens is 1. The topological polar surface area (TPSA) is 15.3 Å². The Morgan fingerprint density at radius 2 is 2.25 bits per heavy atom. The van der Waals surface area contributed by atoms with Crippen LogP contribution in [0.2, 0.25) is 0 Å². The summed E-state index contributed by atoms with van der Waals surface area (Å²) in [5.41, 5.74) is 1.77. The van der Waals surface area contributed by atoms with Crippen LogP contribution in [0.4, 0.5) is 4.39 Å². The average molecular weight is 278 g/mol. The molecule has 0 aromatic heterocycles. The third-order valence-electron chi connectivity index (χ3n) is 4.63. The van der Waals surface area contributed by atoms with E-state index in [0.717, 1.165) is 24.4 Å². The number of nitrogens with zero attached hydrogens (tertiary/aromatic N) is 1. The molecule has 2 rings (SSSR count).